The Labute approximate surface area is 91.7 Å². The first-order valence-electron chi connectivity index (χ1n) is 5.02. The molecule has 2 nitrogen and oxygen atoms in total. The minimum atomic E-state index is -0.216. The number of H-pyrrole nitrogens is 1. The molecule has 2 aromatic carbocycles. The van der Waals surface area contributed by atoms with Crippen LogP contribution < -0.4 is 0 Å². The van der Waals surface area contributed by atoms with Gasteiger partial charge in [-0.3, -0.25) is 5.10 Å². The Hall–Kier alpha value is -2.16. The molecule has 0 saturated heterocycles. The third kappa shape index (κ3) is 1.46. The van der Waals surface area contributed by atoms with Gasteiger partial charge in [-0.15, -0.1) is 0 Å². The van der Waals surface area contributed by atoms with Gasteiger partial charge in [-0.05, 0) is 29.3 Å². The molecule has 0 bridgehead atoms. The van der Waals surface area contributed by atoms with Crippen molar-refractivity contribution in [3.8, 4) is 11.1 Å². The van der Waals surface area contributed by atoms with Crippen LogP contribution in [-0.4, -0.2) is 10.2 Å². The van der Waals surface area contributed by atoms with E-state index in [0.717, 1.165) is 22.0 Å². The summed E-state index contributed by atoms with van der Waals surface area (Å²) in [6, 6.07) is 12.5. The second-order valence-corrected chi connectivity index (χ2v) is 3.68. The summed E-state index contributed by atoms with van der Waals surface area (Å²) in [4.78, 5) is 0. The van der Waals surface area contributed by atoms with E-state index in [2.05, 4.69) is 10.2 Å². The zero-order valence-corrected chi connectivity index (χ0v) is 8.44. The summed E-state index contributed by atoms with van der Waals surface area (Å²) in [5.74, 6) is -0.216. The number of rotatable bonds is 1. The lowest BCUT2D eigenvalue weighted by molar-refractivity contribution is 0.628. The zero-order chi connectivity index (χ0) is 11.0. The minimum Gasteiger partial charge on any atom is -0.278 e. The number of hydrogen-bond donors (Lipinski definition) is 1. The number of aromatic amines is 1. The Bertz CT molecular complexity index is 626. The molecular weight excluding hydrogens is 203 g/mol. The molecule has 0 saturated carbocycles. The van der Waals surface area contributed by atoms with E-state index in [9.17, 15) is 4.39 Å². The lowest BCUT2D eigenvalue weighted by atomic mass is 10.0. The average molecular weight is 212 g/mol. The van der Waals surface area contributed by atoms with Crippen molar-refractivity contribution in [2.45, 2.75) is 0 Å². The molecule has 0 fully saturated rings. The number of fused-ring (bicyclic) bond motifs is 1. The van der Waals surface area contributed by atoms with E-state index in [1.165, 1.54) is 12.1 Å². The third-order valence-electron chi connectivity index (χ3n) is 2.62. The van der Waals surface area contributed by atoms with E-state index >= 15 is 0 Å². The zero-order valence-electron chi connectivity index (χ0n) is 8.44. The summed E-state index contributed by atoms with van der Waals surface area (Å²) in [5.41, 5.74) is 3.04. The van der Waals surface area contributed by atoms with E-state index in [0.29, 0.717) is 0 Å². The Balaban J connectivity index is 2.14. The first-order chi connectivity index (χ1) is 7.83. The summed E-state index contributed by atoms with van der Waals surface area (Å²) in [7, 11) is 0. The predicted molar refractivity (Wildman–Crippen MR) is 61.5 cm³/mol. The monoisotopic (exact) mass is 212 g/mol. The van der Waals surface area contributed by atoms with E-state index < -0.39 is 0 Å². The van der Waals surface area contributed by atoms with Gasteiger partial charge in [0.1, 0.15) is 5.82 Å². The van der Waals surface area contributed by atoms with Crippen LogP contribution in [0.4, 0.5) is 4.39 Å². The first kappa shape index (κ1) is 9.09. The number of hydrogen-bond acceptors (Lipinski definition) is 1. The summed E-state index contributed by atoms with van der Waals surface area (Å²) in [6.07, 6.45) is 1.78. The molecule has 0 aliphatic rings. The normalized spacial score (nSPS) is 10.8. The molecule has 0 aliphatic carbocycles. The van der Waals surface area contributed by atoms with E-state index in [4.69, 9.17) is 0 Å². The van der Waals surface area contributed by atoms with Crippen molar-refractivity contribution in [3.63, 3.8) is 0 Å². The van der Waals surface area contributed by atoms with E-state index in [1.54, 1.807) is 18.3 Å². The highest BCUT2D eigenvalue weighted by Crippen LogP contribution is 2.23. The lowest BCUT2D eigenvalue weighted by Crippen LogP contribution is -1.79. The van der Waals surface area contributed by atoms with Crippen molar-refractivity contribution in [3.05, 3.63) is 54.5 Å². The second-order valence-electron chi connectivity index (χ2n) is 3.68. The molecule has 3 rings (SSSR count). The summed E-state index contributed by atoms with van der Waals surface area (Å²) in [6.45, 7) is 0. The molecule has 1 N–H and O–H groups in total. The number of benzene rings is 2. The largest absolute Gasteiger partial charge is 0.278 e. The summed E-state index contributed by atoms with van der Waals surface area (Å²) in [5, 5.41) is 7.96. The van der Waals surface area contributed by atoms with Crippen LogP contribution >= 0.6 is 0 Å². The van der Waals surface area contributed by atoms with E-state index in [-0.39, 0.29) is 5.82 Å². The number of halogens is 1. The van der Waals surface area contributed by atoms with Crippen LogP contribution in [0, 0.1) is 5.82 Å². The van der Waals surface area contributed by atoms with Gasteiger partial charge in [-0.2, -0.15) is 5.10 Å². The maximum absolute atomic E-state index is 12.8. The quantitative estimate of drug-likeness (QED) is 0.658. The van der Waals surface area contributed by atoms with Crippen molar-refractivity contribution < 1.29 is 4.39 Å². The van der Waals surface area contributed by atoms with Crippen molar-refractivity contribution in [2.24, 2.45) is 0 Å². The van der Waals surface area contributed by atoms with Crippen molar-refractivity contribution in [1.82, 2.24) is 10.2 Å². The van der Waals surface area contributed by atoms with Crippen molar-refractivity contribution in [2.75, 3.05) is 0 Å². The molecule has 0 radical (unpaired) electrons. The van der Waals surface area contributed by atoms with E-state index in [1.807, 2.05) is 18.2 Å². The molecule has 0 spiro atoms. The van der Waals surface area contributed by atoms with Gasteiger partial charge in [-0.1, -0.05) is 24.3 Å². The lowest BCUT2D eigenvalue weighted by Gasteiger charge is -2.01. The molecule has 3 aromatic rings. The Morgan fingerprint density at radius 1 is 0.938 bits per heavy atom. The fourth-order valence-electron chi connectivity index (χ4n) is 1.76. The maximum atomic E-state index is 12.8. The van der Waals surface area contributed by atoms with Gasteiger partial charge in [0.05, 0.1) is 11.7 Å². The van der Waals surface area contributed by atoms with Gasteiger partial charge in [0, 0.05) is 5.39 Å². The third-order valence-corrected chi connectivity index (χ3v) is 2.62. The van der Waals surface area contributed by atoms with Crippen LogP contribution in [0.2, 0.25) is 0 Å². The van der Waals surface area contributed by atoms with Gasteiger partial charge >= 0.3 is 0 Å². The fraction of sp³-hybridized carbons (Fsp3) is 0. The van der Waals surface area contributed by atoms with Gasteiger partial charge in [-0.25, -0.2) is 4.39 Å². The summed E-state index contributed by atoms with van der Waals surface area (Å²) >= 11 is 0. The molecular formula is C13H9FN2. The minimum absolute atomic E-state index is 0.216. The SMILES string of the molecule is Fc1ccc(-c2ccc3cn[nH]c3c2)cc1. The highest BCUT2D eigenvalue weighted by Gasteiger charge is 2.00. The van der Waals surface area contributed by atoms with Crippen LogP contribution in [0.1, 0.15) is 0 Å². The first-order valence-corrected chi connectivity index (χ1v) is 5.02. The second kappa shape index (κ2) is 3.45. The van der Waals surface area contributed by atoms with Crippen LogP contribution in [0.25, 0.3) is 22.0 Å². The number of nitrogens with zero attached hydrogens (tertiary/aromatic N) is 1. The molecule has 0 atom stereocenters. The number of aromatic nitrogens is 2. The fourth-order valence-corrected chi connectivity index (χ4v) is 1.76. The molecule has 0 unspecified atom stereocenters. The van der Waals surface area contributed by atoms with Crippen molar-refractivity contribution >= 4 is 10.9 Å². The Morgan fingerprint density at radius 2 is 1.69 bits per heavy atom. The predicted octanol–water partition coefficient (Wildman–Crippen LogP) is 3.37. The molecule has 1 heterocycles. The maximum Gasteiger partial charge on any atom is 0.123 e. The highest BCUT2D eigenvalue weighted by molar-refractivity contribution is 5.83. The van der Waals surface area contributed by atoms with Gasteiger partial charge < -0.3 is 0 Å². The molecule has 3 heteroatoms. The molecule has 1 aromatic heterocycles. The van der Waals surface area contributed by atoms with Crippen LogP contribution in [0.5, 0.6) is 0 Å². The molecule has 0 amide bonds. The molecule has 0 aliphatic heterocycles. The van der Waals surface area contributed by atoms with Crippen molar-refractivity contribution in [1.29, 1.82) is 0 Å². The Morgan fingerprint density at radius 3 is 2.50 bits per heavy atom. The standard InChI is InChI=1S/C13H9FN2/c14-12-5-3-9(4-6-12)10-1-2-11-8-15-16-13(11)7-10/h1-8H,(H,15,16). The summed E-state index contributed by atoms with van der Waals surface area (Å²) < 4.78 is 12.8. The molecule has 16 heavy (non-hydrogen) atoms. The molecule has 78 valence electrons. The van der Waals surface area contributed by atoms with Crippen LogP contribution in [0.15, 0.2) is 48.7 Å². The smallest absolute Gasteiger partial charge is 0.123 e. The topological polar surface area (TPSA) is 28.7 Å². The average Bonchev–Trinajstić information content (AvgIpc) is 2.77. The van der Waals surface area contributed by atoms with Gasteiger partial charge in [0.2, 0.25) is 0 Å². The Kier molecular flexibility index (Phi) is 1.96. The van der Waals surface area contributed by atoms with Gasteiger partial charge in [0.15, 0.2) is 0 Å². The van der Waals surface area contributed by atoms with Gasteiger partial charge in [0.25, 0.3) is 0 Å². The number of nitrogens with one attached hydrogen (secondary N) is 1. The van der Waals surface area contributed by atoms with Crippen LogP contribution in [0.3, 0.4) is 0 Å². The van der Waals surface area contributed by atoms with Crippen LogP contribution in [-0.2, 0) is 0 Å². The highest BCUT2D eigenvalue weighted by atomic mass is 19.1.